The van der Waals surface area contributed by atoms with Gasteiger partial charge in [-0.3, -0.25) is 14.9 Å². The molecular weight excluding hydrogens is 312 g/mol. The first-order valence-electron chi connectivity index (χ1n) is 7.28. The van der Waals surface area contributed by atoms with Gasteiger partial charge in [0.15, 0.2) is 11.9 Å². The SMILES string of the molecule is COc1ccccc1NC(=O)[C@H](C)Oc1ccc(C)cc1[N+](=O)[O-]. The summed E-state index contributed by atoms with van der Waals surface area (Å²) in [5.41, 5.74) is 1.06. The number of rotatable bonds is 6. The Kier molecular flexibility index (Phi) is 5.36. The van der Waals surface area contributed by atoms with E-state index in [4.69, 9.17) is 9.47 Å². The Hall–Kier alpha value is -3.09. The highest BCUT2D eigenvalue weighted by Gasteiger charge is 2.22. The summed E-state index contributed by atoms with van der Waals surface area (Å²) in [7, 11) is 1.50. The normalized spacial score (nSPS) is 11.5. The van der Waals surface area contributed by atoms with Crippen molar-refractivity contribution in [2.75, 3.05) is 12.4 Å². The summed E-state index contributed by atoms with van der Waals surface area (Å²) in [6.07, 6.45) is -0.920. The van der Waals surface area contributed by atoms with Crippen LogP contribution in [0.15, 0.2) is 42.5 Å². The fourth-order valence-corrected chi connectivity index (χ4v) is 2.10. The van der Waals surface area contributed by atoms with Crippen LogP contribution in [0, 0.1) is 17.0 Å². The van der Waals surface area contributed by atoms with Crippen molar-refractivity contribution >= 4 is 17.3 Å². The Bertz CT molecular complexity index is 760. The average Bonchev–Trinajstić information content (AvgIpc) is 2.56. The molecule has 7 heteroatoms. The number of hydrogen-bond donors (Lipinski definition) is 1. The lowest BCUT2D eigenvalue weighted by atomic mass is 10.2. The van der Waals surface area contributed by atoms with Gasteiger partial charge in [-0.2, -0.15) is 0 Å². The molecule has 2 aromatic carbocycles. The third-order valence-corrected chi connectivity index (χ3v) is 3.35. The van der Waals surface area contributed by atoms with Crippen LogP contribution in [0.5, 0.6) is 11.5 Å². The Morgan fingerprint density at radius 1 is 1.21 bits per heavy atom. The molecule has 0 unspecified atom stereocenters. The second-order valence-corrected chi connectivity index (χ2v) is 5.18. The molecule has 0 aliphatic rings. The lowest BCUT2D eigenvalue weighted by Crippen LogP contribution is -2.30. The van der Waals surface area contributed by atoms with Crippen molar-refractivity contribution in [3.63, 3.8) is 0 Å². The number of aryl methyl sites for hydroxylation is 1. The topological polar surface area (TPSA) is 90.7 Å². The van der Waals surface area contributed by atoms with E-state index in [-0.39, 0.29) is 11.4 Å². The molecule has 7 nitrogen and oxygen atoms in total. The van der Waals surface area contributed by atoms with Gasteiger partial charge >= 0.3 is 5.69 Å². The van der Waals surface area contributed by atoms with E-state index in [1.54, 1.807) is 37.3 Å². The summed E-state index contributed by atoms with van der Waals surface area (Å²) >= 11 is 0. The minimum Gasteiger partial charge on any atom is -0.495 e. The van der Waals surface area contributed by atoms with Gasteiger partial charge in [0.25, 0.3) is 5.91 Å². The number of benzene rings is 2. The molecule has 1 atom stereocenters. The summed E-state index contributed by atoms with van der Waals surface area (Å²) in [6.45, 7) is 3.27. The highest BCUT2D eigenvalue weighted by Crippen LogP contribution is 2.29. The smallest absolute Gasteiger partial charge is 0.311 e. The van der Waals surface area contributed by atoms with E-state index < -0.39 is 16.9 Å². The zero-order chi connectivity index (χ0) is 17.7. The number of para-hydroxylation sites is 2. The molecule has 0 aliphatic heterocycles. The first kappa shape index (κ1) is 17.3. The fraction of sp³-hybridized carbons (Fsp3) is 0.235. The Labute approximate surface area is 139 Å². The summed E-state index contributed by atoms with van der Waals surface area (Å²) in [6, 6.07) is 11.5. The second-order valence-electron chi connectivity index (χ2n) is 5.18. The molecule has 0 heterocycles. The number of nitrogens with one attached hydrogen (secondary N) is 1. The Morgan fingerprint density at radius 2 is 1.92 bits per heavy atom. The van der Waals surface area contributed by atoms with Gasteiger partial charge in [0.1, 0.15) is 5.75 Å². The van der Waals surface area contributed by atoms with E-state index in [9.17, 15) is 14.9 Å². The number of ether oxygens (including phenoxy) is 2. The fourth-order valence-electron chi connectivity index (χ4n) is 2.10. The maximum Gasteiger partial charge on any atom is 0.311 e. The van der Waals surface area contributed by atoms with Crippen molar-refractivity contribution in [2.24, 2.45) is 0 Å². The average molecular weight is 330 g/mol. The first-order valence-corrected chi connectivity index (χ1v) is 7.28. The maximum absolute atomic E-state index is 12.3. The van der Waals surface area contributed by atoms with Crippen LogP contribution >= 0.6 is 0 Å². The monoisotopic (exact) mass is 330 g/mol. The molecule has 0 bridgehead atoms. The van der Waals surface area contributed by atoms with Gasteiger partial charge < -0.3 is 14.8 Å². The summed E-state index contributed by atoms with van der Waals surface area (Å²) in [5.74, 6) is 0.127. The van der Waals surface area contributed by atoms with Gasteiger partial charge in [-0.25, -0.2) is 0 Å². The van der Waals surface area contributed by atoms with Gasteiger partial charge in [0, 0.05) is 6.07 Å². The highest BCUT2D eigenvalue weighted by molar-refractivity contribution is 5.95. The number of amides is 1. The number of hydrogen-bond acceptors (Lipinski definition) is 5. The van der Waals surface area contributed by atoms with Gasteiger partial charge in [-0.05, 0) is 37.6 Å². The molecule has 2 aromatic rings. The van der Waals surface area contributed by atoms with Gasteiger partial charge in [0.05, 0.1) is 17.7 Å². The van der Waals surface area contributed by atoms with Crippen molar-refractivity contribution in [1.29, 1.82) is 0 Å². The number of nitro groups is 1. The lowest BCUT2D eigenvalue weighted by molar-refractivity contribution is -0.386. The molecule has 2 rings (SSSR count). The minimum absolute atomic E-state index is 0.0493. The van der Waals surface area contributed by atoms with Crippen molar-refractivity contribution in [1.82, 2.24) is 0 Å². The van der Waals surface area contributed by atoms with E-state index in [1.165, 1.54) is 26.2 Å². The van der Waals surface area contributed by atoms with Crippen LogP contribution in [-0.2, 0) is 4.79 Å². The predicted octanol–water partition coefficient (Wildman–Crippen LogP) is 3.32. The second kappa shape index (κ2) is 7.45. The number of carbonyl (C=O) groups excluding carboxylic acids is 1. The molecule has 126 valence electrons. The number of carbonyl (C=O) groups is 1. The molecule has 0 fully saturated rings. The van der Waals surface area contributed by atoms with E-state index >= 15 is 0 Å². The van der Waals surface area contributed by atoms with Crippen LogP contribution in [0.3, 0.4) is 0 Å². The van der Waals surface area contributed by atoms with E-state index in [0.29, 0.717) is 11.4 Å². The van der Waals surface area contributed by atoms with Crippen LogP contribution in [0.2, 0.25) is 0 Å². The molecule has 0 aliphatic carbocycles. The number of nitrogens with zero attached hydrogens (tertiary/aromatic N) is 1. The number of anilines is 1. The van der Waals surface area contributed by atoms with E-state index in [2.05, 4.69) is 5.32 Å². The minimum atomic E-state index is -0.920. The van der Waals surface area contributed by atoms with Crippen LogP contribution in [0.4, 0.5) is 11.4 Å². The quantitative estimate of drug-likeness (QED) is 0.648. The van der Waals surface area contributed by atoms with Gasteiger partial charge in [-0.1, -0.05) is 18.2 Å². The maximum atomic E-state index is 12.3. The van der Waals surface area contributed by atoms with Crippen LogP contribution in [0.1, 0.15) is 12.5 Å². The standard InChI is InChI=1S/C17H18N2O5/c1-11-8-9-16(14(10-11)19(21)22)24-12(2)17(20)18-13-6-4-5-7-15(13)23-3/h4-10,12H,1-3H3,(H,18,20)/t12-/m0/s1. The molecule has 0 saturated carbocycles. The van der Waals surface area contributed by atoms with Crippen molar-refractivity contribution < 1.29 is 19.2 Å². The first-order chi connectivity index (χ1) is 11.4. The molecule has 0 spiro atoms. The summed E-state index contributed by atoms with van der Waals surface area (Å²) in [4.78, 5) is 22.8. The molecule has 0 aromatic heterocycles. The Morgan fingerprint density at radius 3 is 2.58 bits per heavy atom. The summed E-state index contributed by atoms with van der Waals surface area (Å²) < 4.78 is 10.6. The van der Waals surface area contributed by atoms with Crippen LogP contribution in [-0.4, -0.2) is 24.0 Å². The number of nitro benzene ring substituents is 1. The zero-order valence-corrected chi connectivity index (χ0v) is 13.6. The third kappa shape index (κ3) is 4.01. The Balaban J connectivity index is 2.14. The molecule has 1 N–H and O–H groups in total. The van der Waals surface area contributed by atoms with Crippen molar-refractivity contribution in [3.8, 4) is 11.5 Å². The molecular formula is C17H18N2O5. The zero-order valence-electron chi connectivity index (χ0n) is 13.6. The largest absolute Gasteiger partial charge is 0.495 e. The highest BCUT2D eigenvalue weighted by atomic mass is 16.6. The van der Waals surface area contributed by atoms with Crippen molar-refractivity contribution in [2.45, 2.75) is 20.0 Å². The molecule has 1 amide bonds. The van der Waals surface area contributed by atoms with E-state index in [0.717, 1.165) is 5.56 Å². The van der Waals surface area contributed by atoms with Crippen molar-refractivity contribution in [3.05, 3.63) is 58.1 Å². The molecule has 0 radical (unpaired) electrons. The van der Waals surface area contributed by atoms with Gasteiger partial charge in [-0.15, -0.1) is 0 Å². The number of methoxy groups -OCH3 is 1. The lowest BCUT2D eigenvalue weighted by Gasteiger charge is -2.16. The van der Waals surface area contributed by atoms with Crippen LogP contribution < -0.4 is 14.8 Å². The summed E-state index contributed by atoms with van der Waals surface area (Å²) in [5, 5.41) is 13.8. The van der Waals surface area contributed by atoms with Gasteiger partial charge in [0.2, 0.25) is 0 Å². The predicted molar refractivity (Wildman–Crippen MR) is 89.5 cm³/mol. The molecule has 0 saturated heterocycles. The molecule has 24 heavy (non-hydrogen) atoms. The van der Waals surface area contributed by atoms with E-state index in [1.807, 2.05) is 0 Å². The van der Waals surface area contributed by atoms with Crippen LogP contribution in [0.25, 0.3) is 0 Å². The third-order valence-electron chi connectivity index (χ3n) is 3.35.